The number of anilines is 1. The SMILES string of the molecule is C=C(C)CCC(NN)c1cc(Br)ccc1N. The zero-order valence-electron chi connectivity index (χ0n) is 9.46. The minimum Gasteiger partial charge on any atom is -0.398 e. The molecule has 88 valence electrons. The highest BCUT2D eigenvalue weighted by Gasteiger charge is 2.12. The lowest BCUT2D eigenvalue weighted by atomic mass is 9.99. The van der Waals surface area contributed by atoms with E-state index in [1.165, 1.54) is 0 Å². The largest absolute Gasteiger partial charge is 0.398 e. The topological polar surface area (TPSA) is 64.1 Å². The van der Waals surface area contributed by atoms with Gasteiger partial charge in [-0.1, -0.05) is 21.5 Å². The second kappa shape index (κ2) is 6.03. The first kappa shape index (κ1) is 13.2. The van der Waals surface area contributed by atoms with Crippen LogP contribution in [0.25, 0.3) is 0 Å². The Hall–Kier alpha value is -0.840. The molecular formula is C12H18BrN3. The van der Waals surface area contributed by atoms with Crippen molar-refractivity contribution in [3.63, 3.8) is 0 Å². The van der Waals surface area contributed by atoms with E-state index < -0.39 is 0 Å². The number of nitrogens with two attached hydrogens (primary N) is 2. The van der Waals surface area contributed by atoms with Crippen molar-refractivity contribution in [3.05, 3.63) is 40.4 Å². The lowest BCUT2D eigenvalue weighted by Gasteiger charge is -2.18. The maximum absolute atomic E-state index is 5.93. The van der Waals surface area contributed by atoms with Gasteiger partial charge in [-0.2, -0.15) is 0 Å². The van der Waals surface area contributed by atoms with Gasteiger partial charge >= 0.3 is 0 Å². The molecule has 0 spiro atoms. The average Bonchev–Trinajstić information content (AvgIpc) is 2.23. The summed E-state index contributed by atoms with van der Waals surface area (Å²) in [7, 11) is 0. The number of halogens is 1. The molecule has 4 heteroatoms. The number of nitrogen functional groups attached to an aromatic ring is 1. The van der Waals surface area contributed by atoms with Gasteiger partial charge in [0.1, 0.15) is 0 Å². The Balaban J connectivity index is 2.85. The number of nitrogens with one attached hydrogen (secondary N) is 1. The van der Waals surface area contributed by atoms with Crippen LogP contribution in [0.2, 0.25) is 0 Å². The second-order valence-corrected chi connectivity index (χ2v) is 4.90. The number of hydrazine groups is 1. The predicted molar refractivity (Wildman–Crippen MR) is 72.7 cm³/mol. The molecule has 0 aliphatic heterocycles. The summed E-state index contributed by atoms with van der Waals surface area (Å²) in [6.07, 6.45) is 1.83. The fourth-order valence-corrected chi connectivity index (χ4v) is 1.95. The van der Waals surface area contributed by atoms with E-state index >= 15 is 0 Å². The first-order chi connectivity index (χ1) is 7.54. The molecule has 0 aliphatic rings. The maximum atomic E-state index is 5.93. The first-order valence-electron chi connectivity index (χ1n) is 5.20. The van der Waals surface area contributed by atoms with Crippen LogP contribution in [-0.2, 0) is 0 Å². The van der Waals surface area contributed by atoms with Crippen LogP contribution in [0.3, 0.4) is 0 Å². The summed E-state index contributed by atoms with van der Waals surface area (Å²) in [6, 6.07) is 5.86. The molecule has 0 bridgehead atoms. The minimum absolute atomic E-state index is 0.0641. The van der Waals surface area contributed by atoms with Crippen molar-refractivity contribution in [2.24, 2.45) is 5.84 Å². The van der Waals surface area contributed by atoms with E-state index in [2.05, 4.69) is 27.9 Å². The third kappa shape index (κ3) is 3.63. The molecule has 0 aromatic heterocycles. The molecule has 0 amide bonds. The van der Waals surface area contributed by atoms with Crippen molar-refractivity contribution < 1.29 is 0 Å². The van der Waals surface area contributed by atoms with Crippen LogP contribution in [0.4, 0.5) is 5.69 Å². The molecule has 1 atom stereocenters. The van der Waals surface area contributed by atoms with E-state index in [9.17, 15) is 0 Å². The van der Waals surface area contributed by atoms with Crippen LogP contribution >= 0.6 is 15.9 Å². The Bertz CT molecular complexity index is 377. The van der Waals surface area contributed by atoms with E-state index in [1.54, 1.807) is 0 Å². The molecule has 1 aromatic carbocycles. The summed E-state index contributed by atoms with van der Waals surface area (Å²) < 4.78 is 1.01. The zero-order chi connectivity index (χ0) is 12.1. The van der Waals surface area contributed by atoms with Gasteiger partial charge in [0, 0.05) is 16.2 Å². The van der Waals surface area contributed by atoms with E-state index in [-0.39, 0.29) is 6.04 Å². The fourth-order valence-electron chi connectivity index (χ4n) is 1.57. The van der Waals surface area contributed by atoms with Gasteiger partial charge < -0.3 is 5.73 Å². The molecule has 16 heavy (non-hydrogen) atoms. The van der Waals surface area contributed by atoms with Crippen molar-refractivity contribution in [2.45, 2.75) is 25.8 Å². The number of hydrogen-bond acceptors (Lipinski definition) is 3. The summed E-state index contributed by atoms with van der Waals surface area (Å²) in [6.45, 7) is 5.90. The van der Waals surface area contributed by atoms with Crippen LogP contribution < -0.4 is 17.0 Å². The monoisotopic (exact) mass is 283 g/mol. The van der Waals surface area contributed by atoms with Gasteiger partial charge in [-0.15, -0.1) is 6.58 Å². The normalized spacial score (nSPS) is 12.4. The Morgan fingerprint density at radius 2 is 2.25 bits per heavy atom. The molecule has 1 aromatic rings. The lowest BCUT2D eigenvalue weighted by molar-refractivity contribution is 0.517. The second-order valence-electron chi connectivity index (χ2n) is 3.99. The molecule has 0 saturated heterocycles. The van der Waals surface area contributed by atoms with Crippen LogP contribution in [0, 0.1) is 0 Å². The number of allylic oxidation sites excluding steroid dienone is 1. The number of benzene rings is 1. The van der Waals surface area contributed by atoms with Crippen molar-refractivity contribution >= 4 is 21.6 Å². The van der Waals surface area contributed by atoms with Crippen LogP contribution in [0.15, 0.2) is 34.8 Å². The molecule has 0 saturated carbocycles. The summed E-state index contributed by atoms with van der Waals surface area (Å²) >= 11 is 3.43. The van der Waals surface area contributed by atoms with Crippen LogP contribution in [0.1, 0.15) is 31.4 Å². The van der Waals surface area contributed by atoms with Crippen molar-refractivity contribution in [2.75, 3.05) is 5.73 Å². The first-order valence-corrected chi connectivity index (χ1v) is 5.99. The molecule has 0 heterocycles. The molecule has 5 N–H and O–H groups in total. The van der Waals surface area contributed by atoms with Gasteiger partial charge in [-0.3, -0.25) is 11.3 Å². The van der Waals surface area contributed by atoms with E-state index in [1.807, 2.05) is 25.1 Å². The Kier molecular flexibility index (Phi) is 4.99. The summed E-state index contributed by atoms with van der Waals surface area (Å²) in [5.41, 5.74) is 11.7. The molecule has 0 aliphatic carbocycles. The summed E-state index contributed by atoms with van der Waals surface area (Å²) in [5, 5.41) is 0. The highest BCUT2D eigenvalue weighted by molar-refractivity contribution is 9.10. The minimum atomic E-state index is 0.0641. The molecule has 1 rings (SSSR count). The lowest BCUT2D eigenvalue weighted by Crippen LogP contribution is -2.28. The van der Waals surface area contributed by atoms with Crippen molar-refractivity contribution in [3.8, 4) is 0 Å². The molecular weight excluding hydrogens is 266 g/mol. The standard InChI is InChI=1S/C12H18BrN3/c1-8(2)3-6-12(16-15)10-7-9(13)4-5-11(10)14/h4-5,7,12,16H,1,3,6,14-15H2,2H3. The van der Waals surface area contributed by atoms with Gasteiger partial charge in [-0.05, 0) is 43.5 Å². The maximum Gasteiger partial charge on any atom is 0.0483 e. The third-order valence-electron chi connectivity index (χ3n) is 2.49. The summed E-state index contributed by atoms with van der Waals surface area (Å²) in [4.78, 5) is 0. The zero-order valence-corrected chi connectivity index (χ0v) is 11.0. The van der Waals surface area contributed by atoms with E-state index in [0.717, 1.165) is 34.1 Å². The molecule has 0 radical (unpaired) electrons. The van der Waals surface area contributed by atoms with E-state index in [0.29, 0.717) is 0 Å². The average molecular weight is 284 g/mol. The fraction of sp³-hybridized carbons (Fsp3) is 0.333. The van der Waals surface area contributed by atoms with Crippen molar-refractivity contribution in [1.82, 2.24) is 5.43 Å². The molecule has 3 nitrogen and oxygen atoms in total. The Labute approximate surface area is 105 Å². The predicted octanol–water partition coefficient (Wildman–Crippen LogP) is 2.89. The highest BCUT2D eigenvalue weighted by atomic mass is 79.9. The van der Waals surface area contributed by atoms with Gasteiger partial charge in [0.2, 0.25) is 0 Å². The Morgan fingerprint density at radius 3 is 2.81 bits per heavy atom. The smallest absolute Gasteiger partial charge is 0.0483 e. The number of hydrogen-bond donors (Lipinski definition) is 3. The number of rotatable bonds is 5. The Morgan fingerprint density at radius 1 is 1.56 bits per heavy atom. The van der Waals surface area contributed by atoms with Gasteiger partial charge in [0.15, 0.2) is 0 Å². The quantitative estimate of drug-likeness (QED) is 0.337. The van der Waals surface area contributed by atoms with Crippen molar-refractivity contribution in [1.29, 1.82) is 0 Å². The summed E-state index contributed by atoms with van der Waals surface area (Å²) in [5.74, 6) is 5.56. The van der Waals surface area contributed by atoms with Gasteiger partial charge in [0.05, 0.1) is 0 Å². The highest BCUT2D eigenvalue weighted by Crippen LogP contribution is 2.27. The van der Waals surface area contributed by atoms with Gasteiger partial charge in [-0.25, -0.2) is 0 Å². The van der Waals surface area contributed by atoms with Crippen LogP contribution in [0.5, 0.6) is 0 Å². The van der Waals surface area contributed by atoms with E-state index in [4.69, 9.17) is 11.6 Å². The van der Waals surface area contributed by atoms with Gasteiger partial charge in [0.25, 0.3) is 0 Å². The van der Waals surface area contributed by atoms with Crippen LogP contribution in [-0.4, -0.2) is 0 Å². The molecule has 0 fully saturated rings. The molecule has 1 unspecified atom stereocenters. The third-order valence-corrected chi connectivity index (χ3v) is 2.98.